The zero-order valence-electron chi connectivity index (χ0n) is 22.8. The lowest BCUT2D eigenvalue weighted by Crippen LogP contribution is -2.30. The lowest BCUT2D eigenvalue weighted by molar-refractivity contribution is -0.144. The van der Waals surface area contributed by atoms with Gasteiger partial charge >= 0.3 is 19.5 Å². The Morgan fingerprint density at radius 2 is 1.41 bits per heavy atom. The van der Waals surface area contributed by atoms with E-state index in [0.29, 0.717) is 57.1 Å². The van der Waals surface area contributed by atoms with E-state index >= 15 is 0 Å². The summed E-state index contributed by atoms with van der Waals surface area (Å²) >= 11 is 0. The summed E-state index contributed by atoms with van der Waals surface area (Å²) in [6.45, 7) is 12.8. The molecule has 1 aliphatic heterocycles. The average Bonchev–Trinajstić information content (AvgIpc) is 3.14. The Morgan fingerprint density at radius 1 is 0.892 bits per heavy atom. The van der Waals surface area contributed by atoms with Crippen molar-refractivity contribution < 1.29 is 32.7 Å². The van der Waals surface area contributed by atoms with Crippen molar-refractivity contribution in [1.82, 2.24) is 0 Å². The molecule has 0 aromatic heterocycles. The van der Waals surface area contributed by atoms with Gasteiger partial charge in [0.2, 0.25) is 0 Å². The Bertz CT molecular complexity index is 972. The van der Waals surface area contributed by atoms with Crippen molar-refractivity contribution in [1.29, 1.82) is 0 Å². The third-order valence-corrected chi connectivity index (χ3v) is 8.70. The van der Waals surface area contributed by atoms with Crippen LogP contribution >= 0.6 is 7.60 Å². The van der Waals surface area contributed by atoms with E-state index in [1.807, 2.05) is 38.1 Å². The first-order valence-electron chi connectivity index (χ1n) is 13.2. The third-order valence-electron chi connectivity index (χ3n) is 6.55. The molecule has 206 valence electrons. The Kier molecular flexibility index (Phi) is 12.7. The van der Waals surface area contributed by atoms with Crippen LogP contribution in [0.2, 0.25) is 0 Å². The number of allylic oxidation sites excluding steroid dienone is 1. The average molecular weight is 536 g/mol. The molecule has 1 atom stereocenters. The van der Waals surface area contributed by atoms with Gasteiger partial charge in [-0.25, -0.2) is 0 Å². The van der Waals surface area contributed by atoms with Crippen LogP contribution in [0.3, 0.4) is 0 Å². The van der Waals surface area contributed by atoms with Crippen molar-refractivity contribution in [2.45, 2.75) is 84.5 Å². The van der Waals surface area contributed by atoms with E-state index < -0.39 is 13.0 Å². The Morgan fingerprint density at radius 3 is 1.92 bits per heavy atom. The summed E-state index contributed by atoms with van der Waals surface area (Å²) in [6.07, 6.45) is 4.77. The number of aliphatic imine (C=N–C) groups is 1. The smallest absolute Gasteiger partial charge is 0.358 e. The van der Waals surface area contributed by atoms with Gasteiger partial charge in [0.05, 0.1) is 42.8 Å². The lowest BCUT2D eigenvalue weighted by Gasteiger charge is -2.33. The molecule has 0 N–H and O–H groups in total. The van der Waals surface area contributed by atoms with Crippen LogP contribution in [-0.2, 0) is 38.1 Å². The number of para-hydroxylation sites is 1. The lowest BCUT2D eigenvalue weighted by atomic mass is 9.80. The number of hydrogen-bond acceptors (Lipinski definition) is 8. The van der Waals surface area contributed by atoms with Gasteiger partial charge in [0, 0.05) is 18.6 Å². The highest BCUT2D eigenvalue weighted by Crippen LogP contribution is 2.64. The Balaban J connectivity index is 2.01. The highest BCUT2D eigenvalue weighted by atomic mass is 31.2. The summed E-state index contributed by atoms with van der Waals surface area (Å²) in [5.74, 6) is -0.423. The maximum absolute atomic E-state index is 14.2. The Hall–Kier alpha value is -2.28. The number of fused-ring (bicyclic) bond motifs is 1. The summed E-state index contributed by atoms with van der Waals surface area (Å²) in [7, 11) is -3.73. The third kappa shape index (κ3) is 8.62. The second-order valence-electron chi connectivity index (χ2n) is 9.18. The monoisotopic (exact) mass is 535 g/mol. The fourth-order valence-electron chi connectivity index (χ4n) is 4.24. The molecular formula is C28H42NO7P. The van der Waals surface area contributed by atoms with Gasteiger partial charge in [-0.1, -0.05) is 37.6 Å². The number of carbonyl (C=O) groups is 2. The second-order valence-corrected chi connectivity index (χ2v) is 11.2. The highest BCUT2D eigenvalue weighted by molar-refractivity contribution is 7.58. The zero-order chi connectivity index (χ0) is 27.3. The molecule has 37 heavy (non-hydrogen) atoms. The van der Waals surface area contributed by atoms with Gasteiger partial charge in [-0.2, -0.15) is 0 Å². The number of esters is 2. The minimum Gasteiger partial charge on any atom is -0.466 e. The molecule has 1 aromatic carbocycles. The summed E-state index contributed by atoms with van der Waals surface area (Å²) in [4.78, 5) is 27.8. The van der Waals surface area contributed by atoms with E-state index in [1.54, 1.807) is 13.8 Å². The van der Waals surface area contributed by atoms with Gasteiger partial charge in [-0.15, -0.1) is 0 Å². The van der Waals surface area contributed by atoms with Crippen molar-refractivity contribution in [3.05, 3.63) is 41.7 Å². The molecule has 0 saturated carbocycles. The molecule has 0 amide bonds. The highest BCUT2D eigenvalue weighted by Gasteiger charge is 2.48. The molecule has 0 saturated heterocycles. The minimum atomic E-state index is -3.73. The SMILES string of the molecule is C=C(C1(C)C(C)=Nc2ccccc21)P(=O)(OCCCCCC(=O)OCC)OCCCCCC(=O)OCC. The van der Waals surface area contributed by atoms with Gasteiger partial charge in [-0.3, -0.25) is 19.1 Å². The predicted molar refractivity (Wildman–Crippen MR) is 145 cm³/mol. The van der Waals surface area contributed by atoms with Crippen LogP contribution in [0.5, 0.6) is 0 Å². The molecule has 1 aromatic rings. The topological polar surface area (TPSA) is 100 Å². The van der Waals surface area contributed by atoms with Gasteiger partial charge in [-0.05, 0) is 65.0 Å². The predicted octanol–water partition coefficient (Wildman–Crippen LogP) is 7.04. The number of hydrogen-bond donors (Lipinski definition) is 0. The molecule has 0 fully saturated rings. The summed E-state index contributed by atoms with van der Waals surface area (Å²) < 4.78 is 36.0. The van der Waals surface area contributed by atoms with Crippen LogP contribution in [0.15, 0.2) is 41.2 Å². The maximum Gasteiger partial charge on any atom is 0.358 e. The Labute approximate surface area is 221 Å². The van der Waals surface area contributed by atoms with E-state index in [4.69, 9.17) is 18.5 Å². The number of nitrogens with zero attached hydrogens (tertiary/aromatic N) is 1. The number of rotatable bonds is 18. The quantitative estimate of drug-likeness (QED) is 0.113. The first-order valence-corrected chi connectivity index (χ1v) is 14.8. The second kappa shape index (κ2) is 15.2. The molecule has 2 rings (SSSR count). The molecule has 8 nitrogen and oxygen atoms in total. The van der Waals surface area contributed by atoms with E-state index in [9.17, 15) is 14.2 Å². The van der Waals surface area contributed by atoms with Gasteiger partial charge in [0.25, 0.3) is 0 Å². The number of ether oxygens (including phenoxy) is 2. The van der Waals surface area contributed by atoms with E-state index in [1.165, 1.54) is 0 Å². The maximum atomic E-state index is 14.2. The van der Waals surface area contributed by atoms with E-state index in [-0.39, 0.29) is 25.2 Å². The normalized spacial score (nSPS) is 16.7. The van der Waals surface area contributed by atoms with Crippen molar-refractivity contribution in [2.24, 2.45) is 4.99 Å². The molecule has 1 heterocycles. The minimum absolute atomic E-state index is 0.212. The summed E-state index contributed by atoms with van der Waals surface area (Å²) in [5.41, 5.74) is 1.76. The fraction of sp³-hybridized carbons (Fsp3) is 0.607. The van der Waals surface area contributed by atoms with Crippen LogP contribution < -0.4 is 0 Å². The molecule has 9 heteroatoms. The summed E-state index contributed by atoms with van der Waals surface area (Å²) in [5, 5.41) is 0.365. The molecule has 1 unspecified atom stereocenters. The zero-order valence-corrected chi connectivity index (χ0v) is 23.6. The molecule has 0 spiro atoms. The first-order chi connectivity index (χ1) is 17.7. The molecular weight excluding hydrogens is 493 g/mol. The fourth-order valence-corrected chi connectivity index (χ4v) is 6.20. The van der Waals surface area contributed by atoms with Crippen LogP contribution in [0.25, 0.3) is 0 Å². The molecule has 0 radical (unpaired) electrons. The summed E-state index contributed by atoms with van der Waals surface area (Å²) in [6, 6.07) is 7.74. The molecule has 0 bridgehead atoms. The molecule has 0 aliphatic carbocycles. The van der Waals surface area contributed by atoms with Gasteiger partial charge in [0.15, 0.2) is 0 Å². The van der Waals surface area contributed by atoms with Crippen molar-refractivity contribution in [3.8, 4) is 0 Å². The van der Waals surface area contributed by atoms with Gasteiger partial charge < -0.3 is 18.5 Å². The van der Waals surface area contributed by atoms with Crippen LogP contribution in [0.1, 0.15) is 84.6 Å². The van der Waals surface area contributed by atoms with Gasteiger partial charge in [0.1, 0.15) is 0 Å². The number of unbranched alkanes of at least 4 members (excludes halogenated alkanes) is 4. The van der Waals surface area contributed by atoms with Crippen LogP contribution in [0.4, 0.5) is 5.69 Å². The number of benzene rings is 1. The van der Waals surface area contributed by atoms with Crippen LogP contribution in [-0.4, -0.2) is 44.1 Å². The van der Waals surface area contributed by atoms with E-state index in [0.717, 1.165) is 29.8 Å². The van der Waals surface area contributed by atoms with Crippen molar-refractivity contribution >= 4 is 30.9 Å². The van der Waals surface area contributed by atoms with Crippen molar-refractivity contribution in [2.75, 3.05) is 26.4 Å². The number of carbonyl (C=O) groups excluding carboxylic acids is 2. The largest absolute Gasteiger partial charge is 0.466 e. The van der Waals surface area contributed by atoms with E-state index in [2.05, 4.69) is 11.6 Å². The van der Waals surface area contributed by atoms with Crippen molar-refractivity contribution in [3.63, 3.8) is 0 Å². The van der Waals surface area contributed by atoms with Crippen LogP contribution in [0, 0.1) is 0 Å². The first kappa shape index (κ1) is 30.9. The standard InChI is InChI=1S/C28H42NO7P/c1-6-33-26(30)18-10-8-14-20-35-37(32,36-21-15-9-11-19-27(31)34-7-2)23(4)28(5)22(3)29-25-17-13-12-16-24(25)28/h12-13,16-17H,4,6-11,14-15,18-21H2,1-3,5H3. The molecule has 1 aliphatic rings.